The van der Waals surface area contributed by atoms with Crippen molar-refractivity contribution in [3.63, 3.8) is 0 Å². The Balaban J connectivity index is 1.83. The molecule has 0 N–H and O–H groups in total. The topological polar surface area (TPSA) is 51.2 Å². The SMILES string of the molecule is CCCc1ccc(CC(=O)C2CCC(CS(=O)(=O)C(C)C)CC2)cc1. The molecule has 0 unspecified atom stereocenters. The smallest absolute Gasteiger partial charge is 0.152 e. The Labute approximate surface area is 153 Å². The van der Waals surface area contributed by atoms with Gasteiger partial charge in [0.2, 0.25) is 0 Å². The maximum absolute atomic E-state index is 12.6. The van der Waals surface area contributed by atoms with Crippen molar-refractivity contribution in [2.45, 2.75) is 71.0 Å². The quantitative estimate of drug-likeness (QED) is 0.688. The maximum atomic E-state index is 12.6. The summed E-state index contributed by atoms with van der Waals surface area (Å²) in [6, 6.07) is 8.40. The molecule has 0 atom stereocenters. The molecule has 3 nitrogen and oxygen atoms in total. The summed E-state index contributed by atoms with van der Waals surface area (Å²) >= 11 is 0. The number of rotatable bonds is 8. The summed E-state index contributed by atoms with van der Waals surface area (Å²) in [6.45, 7) is 5.66. The lowest BCUT2D eigenvalue weighted by atomic mass is 9.79. The third kappa shape index (κ3) is 5.95. The Bertz CT molecular complexity index is 651. The number of carbonyl (C=O) groups excluding carboxylic acids is 1. The molecule has 1 aromatic rings. The van der Waals surface area contributed by atoms with E-state index in [1.54, 1.807) is 13.8 Å². The molecule has 1 saturated carbocycles. The molecule has 140 valence electrons. The van der Waals surface area contributed by atoms with E-state index in [1.165, 1.54) is 5.56 Å². The zero-order chi connectivity index (χ0) is 18.4. The van der Waals surface area contributed by atoms with Gasteiger partial charge in [0, 0.05) is 12.3 Å². The Morgan fingerprint density at radius 3 is 2.12 bits per heavy atom. The van der Waals surface area contributed by atoms with E-state index in [0.717, 1.165) is 44.1 Å². The van der Waals surface area contributed by atoms with Crippen LogP contribution >= 0.6 is 0 Å². The fraction of sp³-hybridized carbons (Fsp3) is 0.667. The van der Waals surface area contributed by atoms with Crippen LogP contribution in [0.2, 0.25) is 0 Å². The molecule has 0 spiro atoms. The van der Waals surface area contributed by atoms with Gasteiger partial charge in [-0.25, -0.2) is 8.42 Å². The van der Waals surface area contributed by atoms with Crippen molar-refractivity contribution in [2.75, 3.05) is 5.75 Å². The minimum Gasteiger partial charge on any atom is -0.299 e. The summed E-state index contributed by atoms with van der Waals surface area (Å²) < 4.78 is 24.1. The van der Waals surface area contributed by atoms with E-state index >= 15 is 0 Å². The summed E-state index contributed by atoms with van der Waals surface area (Å²) in [5, 5.41) is -0.303. The normalized spacial score (nSPS) is 21.4. The fourth-order valence-electron chi connectivity index (χ4n) is 3.63. The van der Waals surface area contributed by atoms with Crippen LogP contribution < -0.4 is 0 Å². The Hall–Kier alpha value is -1.16. The lowest BCUT2D eigenvalue weighted by Gasteiger charge is -2.28. The first-order valence-corrected chi connectivity index (χ1v) is 11.4. The molecule has 1 aromatic carbocycles. The maximum Gasteiger partial charge on any atom is 0.152 e. The highest BCUT2D eigenvalue weighted by atomic mass is 32.2. The lowest BCUT2D eigenvalue weighted by Crippen LogP contribution is -2.29. The van der Waals surface area contributed by atoms with Crippen molar-refractivity contribution in [2.24, 2.45) is 11.8 Å². The second-order valence-electron chi connectivity index (χ2n) is 7.81. The van der Waals surface area contributed by atoms with Gasteiger partial charge in [0.25, 0.3) is 0 Å². The molecule has 1 aliphatic rings. The van der Waals surface area contributed by atoms with E-state index in [2.05, 4.69) is 31.2 Å². The van der Waals surface area contributed by atoms with Crippen LogP contribution in [0.4, 0.5) is 0 Å². The van der Waals surface area contributed by atoms with Gasteiger partial charge >= 0.3 is 0 Å². The van der Waals surface area contributed by atoms with E-state index in [0.29, 0.717) is 12.2 Å². The van der Waals surface area contributed by atoms with Crippen LogP contribution in [-0.2, 0) is 27.5 Å². The highest BCUT2D eigenvalue weighted by molar-refractivity contribution is 7.91. The highest BCUT2D eigenvalue weighted by Crippen LogP contribution is 2.31. The number of ketones is 1. The van der Waals surface area contributed by atoms with Crippen LogP contribution in [0.15, 0.2) is 24.3 Å². The number of benzene rings is 1. The molecular weight excluding hydrogens is 332 g/mol. The average Bonchev–Trinajstić information content (AvgIpc) is 2.57. The van der Waals surface area contributed by atoms with E-state index in [4.69, 9.17) is 0 Å². The van der Waals surface area contributed by atoms with Crippen molar-refractivity contribution in [1.82, 2.24) is 0 Å². The molecule has 0 heterocycles. The van der Waals surface area contributed by atoms with Gasteiger partial charge in [-0.2, -0.15) is 0 Å². The average molecular weight is 365 g/mol. The first kappa shape index (κ1) is 20.2. The monoisotopic (exact) mass is 364 g/mol. The fourth-order valence-corrected chi connectivity index (χ4v) is 5.01. The summed E-state index contributed by atoms with van der Waals surface area (Å²) in [5.41, 5.74) is 2.42. The van der Waals surface area contributed by atoms with Gasteiger partial charge in [-0.05, 0) is 63.0 Å². The predicted molar refractivity (Wildman–Crippen MR) is 104 cm³/mol. The van der Waals surface area contributed by atoms with Crippen LogP contribution in [0, 0.1) is 11.8 Å². The van der Waals surface area contributed by atoms with Crippen LogP contribution in [0.1, 0.15) is 64.0 Å². The number of carbonyl (C=O) groups is 1. The molecule has 2 rings (SSSR count). The van der Waals surface area contributed by atoms with Gasteiger partial charge in [0.05, 0.1) is 11.0 Å². The molecule has 1 aliphatic carbocycles. The Morgan fingerprint density at radius 2 is 1.60 bits per heavy atom. The summed E-state index contributed by atoms with van der Waals surface area (Å²) in [6.07, 6.45) is 6.11. The lowest BCUT2D eigenvalue weighted by molar-refractivity contribution is -0.123. The van der Waals surface area contributed by atoms with Crippen LogP contribution in [0.25, 0.3) is 0 Å². The molecule has 25 heavy (non-hydrogen) atoms. The zero-order valence-electron chi connectivity index (χ0n) is 15.8. The van der Waals surface area contributed by atoms with Crippen molar-refractivity contribution >= 4 is 15.6 Å². The van der Waals surface area contributed by atoms with Gasteiger partial charge < -0.3 is 0 Å². The number of aryl methyl sites for hydroxylation is 1. The molecule has 1 fully saturated rings. The predicted octanol–water partition coefficient (Wildman–Crippen LogP) is 4.38. The van der Waals surface area contributed by atoms with Gasteiger partial charge in [-0.15, -0.1) is 0 Å². The third-order valence-electron chi connectivity index (χ3n) is 5.43. The number of hydrogen-bond acceptors (Lipinski definition) is 3. The first-order valence-electron chi connectivity index (χ1n) is 9.64. The Morgan fingerprint density at radius 1 is 1.04 bits per heavy atom. The molecule has 4 heteroatoms. The second-order valence-corrected chi connectivity index (χ2v) is 10.4. The second kappa shape index (κ2) is 8.98. The van der Waals surface area contributed by atoms with Crippen LogP contribution in [0.5, 0.6) is 0 Å². The number of sulfone groups is 1. The number of Topliss-reactive ketones (excluding diaryl/α,β-unsaturated/α-hetero) is 1. The van der Waals surface area contributed by atoms with Crippen LogP contribution in [0.3, 0.4) is 0 Å². The molecular formula is C21H32O3S. The third-order valence-corrected chi connectivity index (χ3v) is 7.80. The van der Waals surface area contributed by atoms with Crippen molar-refractivity contribution < 1.29 is 13.2 Å². The molecule has 0 amide bonds. The summed E-state index contributed by atoms with van der Waals surface area (Å²) in [7, 11) is -2.98. The highest BCUT2D eigenvalue weighted by Gasteiger charge is 2.29. The molecule has 0 aliphatic heterocycles. The van der Waals surface area contributed by atoms with E-state index in [9.17, 15) is 13.2 Å². The minimum atomic E-state index is -2.98. The van der Waals surface area contributed by atoms with Crippen molar-refractivity contribution in [1.29, 1.82) is 0 Å². The van der Waals surface area contributed by atoms with Gasteiger partial charge in [0.15, 0.2) is 9.84 Å². The van der Waals surface area contributed by atoms with Crippen molar-refractivity contribution in [3.8, 4) is 0 Å². The largest absolute Gasteiger partial charge is 0.299 e. The summed E-state index contributed by atoms with van der Waals surface area (Å²) in [4.78, 5) is 12.6. The van der Waals surface area contributed by atoms with Gasteiger partial charge in [-0.3, -0.25) is 4.79 Å². The molecule has 0 radical (unpaired) electrons. The van der Waals surface area contributed by atoms with Gasteiger partial charge in [-0.1, -0.05) is 37.6 Å². The zero-order valence-corrected chi connectivity index (χ0v) is 16.6. The molecule has 0 aromatic heterocycles. The van der Waals surface area contributed by atoms with Crippen molar-refractivity contribution in [3.05, 3.63) is 35.4 Å². The standard InChI is InChI=1S/C21H32O3S/c1-4-5-17-6-8-18(9-7-17)14-21(22)20-12-10-19(11-13-20)15-25(23,24)16(2)3/h6-9,16,19-20H,4-5,10-15H2,1-3H3. The van der Waals surface area contributed by atoms with Crippen LogP contribution in [-0.4, -0.2) is 25.2 Å². The molecule has 0 bridgehead atoms. The number of hydrogen-bond donors (Lipinski definition) is 0. The van der Waals surface area contributed by atoms with E-state index in [1.807, 2.05) is 0 Å². The van der Waals surface area contributed by atoms with E-state index < -0.39 is 9.84 Å². The molecule has 0 saturated heterocycles. The summed E-state index contributed by atoms with van der Waals surface area (Å²) in [5.74, 6) is 0.927. The van der Waals surface area contributed by atoms with Gasteiger partial charge in [0.1, 0.15) is 5.78 Å². The Kier molecular flexibility index (Phi) is 7.24. The van der Waals surface area contributed by atoms with E-state index in [-0.39, 0.29) is 22.8 Å². The first-order chi connectivity index (χ1) is 11.8. The minimum absolute atomic E-state index is 0.105.